The van der Waals surface area contributed by atoms with Gasteiger partial charge in [-0.2, -0.15) is 10.2 Å². The zero-order valence-corrected chi connectivity index (χ0v) is 20.3. The molecule has 2 N–H and O–H groups in total. The Hall–Kier alpha value is -4.11. The minimum absolute atomic E-state index is 0.254. The normalized spacial score (nSPS) is 10.7. The fourth-order valence-corrected chi connectivity index (χ4v) is 3.66. The summed E-state index contributed by atoms with van der Waals surface area (Å²) in [6.45, 7) is 4.45. The molecule has 0 aliphatic rings. The van der Waals surface area contributed by atoms with Crippen LogP contribution in [0, 0.1) is 6.92 Å². The van der Waals surface area contributed by atoms with E-state index in [-0.39, 0.29) is 24.1 Å². The van der Waals surface area contributed by atoms with Gasteiger partial charge in [0, 0.05) is 24.2 Å². The fraction of sp³-hybridized carbons (Fsp3) is 0.200. The van der Waals surface area contributed by atoms with Crippen LogP contribution in [-0.2, 0) is 20.2 Å². The molecule has 0 aliphatic heterocycles. The predicted molar refractivity (Wildman–Crippen MR) is 134 cm³/mol. The number of aromatic nitrogens is 4. The number of nitrogens with zero attached hydrogens (tertiary/aromatic N) is 4. The van der Waals surface area contributed by atoms with Crippen molar-refractivity contribution in [1.29, 1.82) is 0 Å². The molecule has 0 aliphatic carbocycles. The second kappa shape index (κ2) is 10.4. The minimum Gasteiger partial charge on any atom is -0.489 e. The Kier molecular flexibility index (Phi) is 7.17. The molecule has 0 saturated carbocycles. The predicted octanol–water partition coefficient (Wildman–Crippen LogP) is 4.68. The van der Waals surface area contributed by atoms with Crippen LogP contribution in [0.25, 0.3) is 0 Å². The van der Waals surface area contributed by atoms with Crippen LogP contribution < -0.4 is 15.4 Å². The van der Waals surface area contributed by atoms with E-state index < -0.39 is 0 Å². The maximum Gasteiger partial charge on any atom is 0.276 e. The highest BCUT2D eigenvalue weighted by atomic mass is 35.5. The number of amides is 2. The summed E-state index contributed by atoms with van der Waals surface area (Å²) < 4.78 is 8.97. The summed E-state index contributed by atoms with van der Waals surface area (Å²) in [5.41, 5.74) is 3.21. The van der Waals surface area contributed by atoms with Gasteiger partial charge in [-0.3, -0.25) is 19.0 Å². The largest absolute Gasteiger partial charge is 0.489 e. The number of ether oxygens (including phenoxy) is 1. The molecule has 2 amide bonds. The number of aryl methyl sites for hydroxylation is 2. The average molecular weight is 493 g/mol. The Labute approximate surface area is 207 Å². The van der Waals surface area contributed by atoms with E-state index in [1.54, 1.807) is 54.3 Å². The lowest BCUT2D eigenvalue weighted by molar-refractivity contribution is 0.101. The first-order chi connectivity index (χ1) is 16.9. The van der Waals surface area contributed by atoms with E-state index in [1.807, 2.05) is 26.0 Å². The molecule has 0 saturated heterocycles. The first-order valence-corrected chi connectivity index (χ1v) is 11.4. The van der Waals surface area contributed by atoms with E-state index in [0.717, 1.165) is 11.3 Å². The zero-order chi connectivity index (χ0) is 24.9. The molecular weight excluding hydrogens is 468 g/mol. The maximum atomic E-state index is 13.1. The molecule has 0 spiro atoms. The van der Waals surface area contributed by atoms with Crippen molar-refractivity contribution >= 4 is 34.8 Å². The van der Waals surface area contributed by atoms with Gasteiger partial charge < -0.3 is 15.4 Å². The highest BCUT2D eigenvalue weighted by Gasteiger charge is 2.21. The van der Waals surface area contributed by atoms with Gasteiger partial charge in [0.1, 0.15) is 18.1 Å². The van der Waals surface area contributed by atoms with E-state index in [4.69, 9.17) is 16.3 Å². The van der Waals surface area contributed by atoms with Crippen molar-refractivity contribution in [2.24, 2.45) is 7.05 Å². The van der Waals surface area contributed by atoms with Crippen LogP contribution in [-0.4, -0.2) is 31.4 Å². The third kappa shape index (κ3) is 5.52. The molecule has 0 atom stereocenters. The Morgan fingerprint density at radius 3 is 2.46 bits per heavy atom. The van der Waals surface area contributed by atoms with Crippen molar-refractivity contribution in [3.05, 3.63) is 88.5 Å². The van der Waals surface area contributed by atoms with E-state index >= 15 is 0 Å². The molecule has 2 aromatic carbocycles. The molecule has 35 heavy (non-hydrogen) atoms. The summed E-state index contributed by atoms with van der Waals surface area (Å²) in [6, 6.07) is 14.2. The summed E-state index contributed by atoms with van der Waals surface area (Å²) in [6.07, 6.45) is 3.05. The van der Waals surface area contributed by atoms with E-state index in [2.05, 4.69) is 20.8 Å². The Morgan fingerprint density at radius 2 is 1.74 bits per heavy atom. The Morgan fingerprint density at radius 1 is 1.00 bits per heavy atom. The monoisotopic (exact) mass is 492 g/mol. The second-order valence-electron chi connectivity index (χ2n) is 7.84. The van der Waals surface area contributed by atoms with Crippen molar-refractivity contribution in [2.45, 2.75) is 27.0 Å². The van der Waals surface area contributed by atoms with Crippen LogP contribution in [0.15, 0.2) is 60.9 Å². The third-order valence-electron chi connectivity index (χ3n) is 5.48. The molecule has 2 aromatic heterocycles. The summed E-state index contributed by atoms with van der Waals surface area (Å²) >= 11 is 6.00. The number of carbonyl (C=O) groups is 2. The molecule has 4 aromatic rings. The van der Waals surface area contributed by atoms with E-state index in [9.17, 15) is 9.59 Å². The molecule has 180 valence electrons. The van der Waals surface area contributed by atoms with Gasteiger partial charge in [-0.1, -0.05) is 29.8 Å². The number of halogens is 1. The Balaban J connectivity index is 1.49. The number of benzene rings is 2. The Bertz CT molecular complexity index is 1380. The molecule has 0 unspecified atom stereocenters. The molecule has 0 fully saturated rings. The zero-order valence-electron chi connectivity index (χ0n) is 19.6. The van der Waals surface area contributed by atoms with E-state index in [0.29, 0.717) is 34.3 Å². The summed E-state index contributed by atoms with van der Waals surface area (Å²) in [7, 11) is 1.79. The van der Waals surface area contributed by atoms with Gasteiger partial charge >= 0.3 is 0 Å². The van der Waals surface area contributed by atoms with Gasteiger partial charge in [0.05, 0.1) is 29.5 Å². The molecule has 10 heteroatoms. The van der Waals surface area contributed by atoms with Gasteiger partial charge in [-0.05, 0) is 49.7 Å². The van der Waals surface area contributed by atoms with Crippen molar-refractivity contribution in [2.75, 3.05) is 10.6 Å². The first-order valence-electron chi connectivity index (χ1n) is 11.0. The molecule has 4 rings (SSSR count). The highest BCUT2D eigenvalue weighted by molar-refractivity contribution is 6.30. The van der Waals surface area contributed by atoms with Gasteiger partial charge in [0.25, 0.3) is 11.8 Å². The van der Waals surface area contributed by atoms with Crippen LogP contribution >= 0.6 is 11.6 Å². The maximum absolute atomic E-state index is 13.1. The number of hydrogen-bond acceptors (Lipinski definition) is 5. The van der Waals surface area contributed by atoms with Crippen LogP contribution in [0.3, 0.4) is 0 Å². The van der Waals surface area contributed by atoms with E-state index in [1.165, 1.54) is 10.9 Å². The van der Waals surface area contributed by atoms with Crippen molar-refractivity contribution in [1.82, 2.24) is 19.6 Å². The molecular formula is C25H25ClN6O3. The van der Waals surface area contributed by atoms with Crippen molar-refractivity contribution < 1.29 is 14.3 Å². The molecule has 9 nitrogen and oxygen atoms in total. The number of nitrogens with one attached hydrogen (secondary N) is 2. The van der Waals surface area contributed by atoms with Crippen molar-refractivity contribution in [3.63, 3.8) is 0 Å². The molecule has 0 radical (unpaired) electrons. The molecule has 2 heterocycles. The van der Waals surface area contributed by atoms with Gasteiger partial charge in [0.15, 0.2) is 0 Å². The molecule has 0 bridgehead atoms. The van der Waals surface area contributed by atoms with Crippen molar-refractivity contribution in [3.8, 4) is 5.75 Å². The van der Waals surface area contributed by atoms with Crippen LogP contribution in [0.4, 0.5) is 11.4 Å². The number of rotatable bonds is 8. The number of hydrogen-bond donors (Lipinski definition) is 2. The number of carbonyl (C=O) groups excluding carboxylic acids is 2. The smallest absolute Gasteiger partial charge is 0.276 e. The average Bonchev–Trinajstić information content (AvgIpc) is 3.40. The number of anilines is 2. The summed E-state index contributed by atoms with van der Waals surface area (Å²) in [4.78, 5) is 26.1. The lowest BCUT2D eigenvalue weighted by atomic mass is 10.1. The quantitative estimate of drug-likeness (QED) is 0.371. The summed E-state index contributed by atoms with van der Waals surface area (Å²) in [5, 5.41) is 14.6. The minimum atomic E-state index is -0.389. The fourth-order valence-electron chi connectivity index (χ4n) is 3.48. The third-order valence-corrected chi connectivity index (χ3v) is 5.71. The first kappa shape index (κ1) is 24.0. The lowest BCUT2D eigenvalue weighted by Crippen LogP contribution is -2.21. The topological polar surface area (TPSA) is 103 Å². The van der Waals surface area contributed by atoms with Crippen LogP contribution in [0.5, 0.6) is 5.75 Å². The SMILES string of the molecule is CCn1ncc(NC(=O)c2cccc(COc3cccc(Cl)c3)c2)c1C(=O)Nc1cnn(C)c1C. The standard InChI is InChI=1S/C25H25ClN6O3/c1-4-32-23(25(34)29-21-13-27-31(3)16(21)2)22(14-28-32)30-24(33)18-8-5-7-17(11-18)15-35-20-10-6-9-19(26)12-20/h5-14H,4,15H2,1-3H3,(H,29,34)(H,30,33). The lowest BCUT2D eigenvalue weighted by Gasteiger charge is -2.11. The van der Waals surface area contributed by atoms with Crippen LogP contribution in [0.1, 0.15) is 39.0 Å². The second-order valence-corrected chi connectivity index (χ2v) is 8.28. The highest BCUT2D eigenvalue weighted by Crippen LogP contribution is 2.21. The van der Waals surface area contributed by atoms with Gasteiger partial charge in [-0.15, -0.1) is 0 Å². The summed E-state index contributed by atoms with van der Waals surface area (Å²) in [5.74, 6) is -0.116. The van der Waals surface area contributed by atoms with Gasteiger partial charge in [0.2, 0.25) is 0 Å². The van der Waals surface area contributed by atoms with Gasteiger partial charge in [-0.25, -0.2) is 0 Å². The van der Waals surface area contributed by atoms with Crippen LogP contribution in [0.2, 0.25) is 5.02 Å².